The van der Waals surface area contributed by atoms with Gasteiger partial charge in [0.2, 0.25) is 0 Å². The molecule has 0 saturated carbocycles. The molecule has 0 saturated heterocycles. The van der Waals surface area contributed by atoms with Crippen LogP contribution in [0.4, 0.5) is 0 Å². The molecule has 2 N–H and O–H groups in total. The van der Waals surface area contributed by atoms with Crippen LogP contribution in [0, 0.1) is 7.14 Å². The van der Waals surface area contributed by atoms with Crippen molar-refractivity contribution in [1.29, 1.82) is 0 Å². The number of hydrogen-bond acceptors (Lipinski definition) is 5. The summed E-state index contributed by atoms with van der Waals surface area (Å²) >= 11 is 3.98. The van der Waals surface area contributed by atoms with Gasteiger partial charge in [-0.05, 0) is 75.9 Å². The summed E-state index contributed by atoms with van der Waals surface area (Å²) < 4.78 is 7.11. The van der Waals surface area contributed by atoms with Gasteiger partial charge in [-0.3, -0.25) is 9.59 Å². The number of fused-ring (bicyclic) bond motifs is 1. The number of ketones is 2. The second-order valence-electron chi connectivity index (χ2n) is 7.17. The van der Waals surface area contributed by atoms with E-state index in [-0.39, 0.29) is 29.5 Å². The maximum Gasteiger partial charge on any atom is 0.197 e. The SMILES string of the molecule is CCCCC(=O)Cc1cc2oc(CC)c(C(=O)c3cc(I)c(O)c(I)c3)c2cc1O. The largest absolute Gasteiger partial charge is 0.508 e. The summed E-state index contributed by atoms with van der Waals surface area (Å²) in [4.78, 5) is 25.5. The lowest BCUT2D eigenvalue weighted by Crippen LogP contribution is -2.05. The third kappa shape index (κ3) is 4.66. The van der Waals surface area contributed by atoms with E-state index in [4.69, 9.17) is 4.42 Å². The van der Waals surface area contributed by atoms with E-state index < -0.39 is 0 Å². The van der Waals surface area contributed by atoms with Crippen LogP contribution in [0.1, 0.15) is 60.4 Å². The minimum atomic E-state index is -0.229. The van der Waals surface area contributed by atoms with Gasteiger partial charge >= 0.3 is 0 Å². The molecular formula is C23H22I2O5. The van der Waals surface area contributed by atoms with Crippen molar-refractivity contribution in [3.05, 3.63) is 53.9 Å². The fourth-order valence-electron chi connectivity index (χ4n) is 3.38. The highest BCUT2D eigenvalue weighted by Gasteiger charge is 2.24. The molecule has 0 fully saturated rings. The van der Waals surface area contributed by atoms with Crippen molar-refractivity contribution in [2.45, 2.75) is 46.0 Å². The molecular weight excluding hydrogens is 610 g/mol. The Kier molecular flexibility index (Phi) is 7.43. The van der Waals surface area contributed by atoms with Crippen molar-refractivity contribution in [2.24, 2.45) is 0 Å². The van der Waals surface area contributed by atoms with Crippen LogP contribution in [-0.2, 0) is 17.6 Å². The zero-order valence-corrected chi connectivity index (χ0v) is 21.0. The number of phenols is 2. The first-order chi connectivity index (χ1) is 14.3. The van der Waals surface area contributed by atoms with Crippen LogP contribution in [0.25, 0.3) is 11.0 Å². The van der Waals surface area contributed by atoms with Gasteiger partial charge in [0.25, 0.3) is 0 Å². The highest BCUT2D eigenvalue weighted by Crippen LogP contribution is 2.35. The number of carbonyl (C=O) groups excluding carboxylic acids is 2. The number of unbranched alkanes of at least 4 members (excludes halogenated alkanes) is 1. The Bertz CT molecular complexity index is 1110. The molecule has 2 aromatic carbocycles. The monoisotopic (exact) mass is 632 g/mol. The normalized spacial score (nSPS) is 11.2. The molecule has 5 nitrogen and oxygen atoms in total. The first-order valence-electron chi connectivity index (χ1n) is 9.78. The van der Waals surface area contributed by atoms with Crippen LogP contribution in [-0.4, -0.2) is 21.8 Å². The van der Waals surface area contributed by atoms with E-state index in [1.165, 1.54) is 6.07 Å². The molecule has 0 bridgehead atoms. The first-order valence-corrected chi connectivity index (χ1v) is 11.9. The number of aryl methyl sites for hydroxylation is 1. The van der Waals surface area contributed by atoms with E-state index in [0.717, 1.165) is 12.8 Å². The highest BCUT2D eigenvalue weighted by atomic mass is 127. The summed E-state index contributed by atoms with van der Waals surface area (Å²) in [6.07, 6.45) is 2.89. The van der Waals surface area contributed by atoms with Gasteiger partial charge in [-0.2, -0.15) is 0 Å². The number of rotatable bonds is 8. The fraction of sp³-hybridized carbons (Fsp3) is 0.304. The van der Waals surface area contributed by atoms with Crippen molar-refractivity contribution in [3.8, 4) is 11.5 Å². The lowest BCUT2D eigenvalue weighted by molar-refractivity contribution is -0.118. The van der Waals surface area contributed by atoms with Crippen LogP contribution in [0.15, 0.2) is 28.7 Å². The molecule has 0 aliphatic carbocycles. The molecule has 1 aromatic heterocycles. The third-order valence-electron chi connectivity index (χ3n) is 4.99. The lowest BCUT2D eigenvalue weighted by atomic mass is 9.97. The van der Waals surface area contributed by atoms with Gasteiger partial charge in [0.1, 0.15) is 28.6 Å². The molecule has 7 heteroatoms. The van der Waals surface area contributed by atoms with Crippen molar-refractivity contribution >= 4 is 67.7 Å². The molecule has 3 aromatic rings. The van der Waals surface area contributed by atoms with Crippen molar-refractivity contribution in [1.82, 2.24) is 0 Å². The van der Waals surface area contributed by atoms with Gasteiger partial charge in [-0.15, -0.1) is 0 Å². The molecule has 0 aliphatic rings. The molecule has 0 amide bonds. The van der Waals surface area contributed by atoms with Gasteiger partial charge in [0, 0.05) is 35.8 Å². The Hall–Kier alpha value is -1.62. The minimum Gasteiger partial charge on any atom is -0.508 e. The van der Waals surface area contributed by atoms with Gasteiger partial charge in [0.05, 0.1) is 12.7 Å². The van der Waals surface area contributed by atoms with Gasteiger partial charge < -0.3 is 14.6 Å². The quantitative estimate of drug-likeness (QED) is 0.230. The second-order valence-corrected chi connectivity index (χ2v) is 9.49. The number of furan rings is 1. The highest BCUT2D eigenvalue weighted by molar-refractivity contribution is 14.1. The van der Waals surface area contributed by atoms with Crippen molar-refractivity contribution < 1.29 is 24.2 Å². The molecule has 0 radical (unpaired) electrons. The van der Waals surface area contributed by atoms with E-state index in [9.17, 15) is 19.8 Å². The molecule has 1 heterocycles. The maximum absolute atomic E-state index is 13.3. The first kappa shape index (κ1) is 23.1. The van der Waals surface area contributed by atoms with Gasteiger partial charge in [-0.25, -0.2) is 0 Å². The summed E-state index contributed by atoms with van der Waals surface area (Å²) in [5.74, 6) is 0.503. The average Bonchev–Trinajstić information content (AvgIpc) is 3.06. The summed E-state index contributed by atoms with van der Waals surface area (Å²) in [5, 5.41) is 21.1. The Morgan fingerprint density at radius 2 is 1.70 bits per heavy atom. The number of benzene rings is 2. The van der Waals surface area contributed by atoms with E-state index in [0.29, 0.717) is 53.4 Å². The summed E-state index contributed by atoms with van der Waals surface area (Å²) in [5.41, 5.74) is 1.84. The summed E-state index contributed by atoms with van der Waals surface area (Å²) in [6.45, 7) is 3.93. The third-order valence-corrected chi connectivity index (χ3v) is 6.63. The number of Topliss-reactive ketones (excluding diaryl/α,β-unsaturated/α-hetero) is 1. The summed E-state index contributed by atoms with van der Waals surface area (Å²) in [7, 11) is 0. The molecule has 0 aliphatic heterocycles. The van der Waals surface area contributed by atoms with Crippen LogP contribution in [0.2, 0.25) is 0 Å². The van der Waals surface area contributed by atoms with E-state index in [1.54, 1.807) is 18.2 Å². The summed E-state index contributed by atoms with van der Waals surface area (Å²) in [6, 6.07) is 6.46. The topological polar surface area (TPSA) is 87.7 Å². The van der Waals surface area contributed by atoms with E-state index >= 15 is 0 Å². The molecule has 0 atom stereocenters. The maximum atomic E-state index is 13.3. The molecule has 3 rings (SSSR count). The van der Waals surface area contributed by atoms with Crippen LogP contribution in [0.3, 0.4) is 0 Å². The van der Waals surface area contributed by atoms with Crippen LogP contribution >= 0.6 is 45.2 Å². The second kappa shape index (κ2) is 9.67. The number of carbonyl (C=O) groups is 2. The zero-order valence-electron chi connectivity index (χ0n) is 16.7. The number of aromatic hydroxyl groups is 2. The number of halogens is 2. The van der Waals surface area contributed by atoms with Crippen molar-refractivity contribution in [3.63, 3.8) is 0 Å². The minimum absolute atomic E-state index is 0.0141. The van der Waals surface area contributed by atoms with Crippen LogP contribution in [0.5, 0.6) is 11.5 Å². The van der Waals surface area contributed by atoms with Crippen LogP contribution < -0.4 is 0 Å². The molecule has 158 valence electrons. The Labute approximate surface area is 202 Å². The van der Waals surface area contributed by atoms with Gasteiger partial charge in [-0.1, -0.05) is 20.3 Å². The zero-order chi connectivity index (χ0) is 22.0. The number of phenolic OH excluding ortho intramolecular Hbond substituents is 2. The molecule has 30 heavy (non-hydrogen) atoms. The molecule has 0 spiro atoms. The lowest BCUT2D eigenvalue weighted by Gasteiger charge is -2.07. The molecule has 0 unspecified atom stereocenters. The standard InChI is InChI=1S/C23H22I2O5/c1-3-5-6-14(26)7-12-10-20-15(11-18(12)27)21(19(4-2)30-20)22(28)13-8-16(24)23(29)17(25)9-13/h8-11,27,29H,3-7H2,1-2H3. The Balaban J connectivity index is 2.06. The van der Waals surface area contributed by atoms with E-state index in [2.05, 4.69) is 0 Å². The smallest absolute Gasteiger partial charge is 0.197 e. The van der Waals surface area contributed by atoms with E-state index in [1.807, 2.05) is 59.0 Å². The number of hydrogen-bond donors (Lipinski definition) is 2. The predicted molar refractivity (Wildman–Crippen MR) is 132 cm³/mol. The Morgan fingerprint density at radius 3 is 2.30 bits per heavy atom. The Morgan fingerprint density at radius 1 is 1.03 bits per heavy atom. The fourth-order valence-corrected chi connectivity index (χ4v) is 5.15. The predicted octanol–water partition coefficient (Wildman–Crippen LogP) is 6.15. The van der Waals surface area contributed by atoms with Crippen molar-refractivity contribution in [2.75, 3.05) is 0 Å². The average molecular weight is 632 g/mol. The van der Waals surface area contributed by atoms with Gasteiger partial charge in [0.15, 0.2) is 5.78 Å².